The zero-order chi connectivity index (χ0) is 27.2. The molecule has 7 nitrogen and oxygen atoms in total. The van der Waals surface area contributed by atoms with Gasteiger partial charge in [0.1, 0.15) is 0 Å². The van der Waals surface area contributed by atoms with Crippen LogP contribution in [0.4, 0.5) is 0 Å². The van der Waals surface area contributed by atoms with Gasteiger partial charge in [0.2, 0.25) is 5.91 Å². The number of benzene rings is 3. The quantitative estimate of drug-likeness (QED) is 0.133. The van der Waals surface area contributed by atoms with Crippen LogP contribution in [0, 0.1) is 0 Å². The summed E-state index contributed by atoms with van der Waals surface area (Å²) in [6.07, 6.45) is 8.13. The Labute approximate surface area is 228 Å². The lowest BCUT2D eigenvalue weighted by Crippen LogP contribution is -2.29. The van der Waals surface area contributed by atoms with Gasteiger partial charge in [0.25, 0.3) is 5.91 Å². The topological polar surface area (TPSA) is 97.5 Å². The third-order valence-corrected chi connectivity index (χ3v) is 7.48. The van der Waals surface area contributed by atoms with Crippen molar-refractivity contribution in [2.24, 2.45) is 0 Å². The van der Waals surface area contributed by atoms with Crippen molar-refractivity contribution in [2.75, 3.05) is 6.54 Å². The molecule has 0 saturated carbocycles. The Morgan fingerprint density at radius 2 is 1.87 bits per heavy atom. The van der Waals surface area contributed by atoms with Gasteiger partial charge in [-0.15, -0.1) is 0 Å². The van der Waals surface area contributed by atoms with Crippen LogP contribution in [0.25, 0.3) is 17.0 Å². The van der Waals surface area contributed by atoms with Crippen LogP contribution in [0.15, 0.2) is 79.0 Å². The molecule has 0 fully saturated rings. The molecule has 1 aliphatic carbocycles. The molecule has 0 bridgehead atoms. The minimum atomic E-state index is -0.542. The second-order valence-corrected chi connectivity index (χ2v) is 10.1. The van der Waals surface area contributed by atoms with Crippen LogP contribution in [-0.4, -0.2) is 33.5 Å². The van der Waals surface area contributed by atoms with Gasteiger partial charge < -0.3 is 10.3 Å². The summed E-state index contributed by atoms with van der Waals surface area (Å²) in [5, 5.41) is 12.9. The molecule has 1 aliphatic rings. The highest BCUT2D eigenvalue weighted by Gasteiger charge is 2.28. The molecular formula is C32H34N4O3. The number of nitrogens with one attached hydrogen (secondary N) is 3. The van der Waals surface area contributed by atoms with Crippen LogP contribution in [0.1, 0.15) is 52.8 Å². The molecule has 4 N–H and O–H groups in total. The minimum absolute atomic E-state index is 0.0299. The molecule has 0 radical (unpaired) electrons. The standard InChI is InChI=1S/C32H34N4O3/c1-22(37)33-19-24-6-8-25(9-7-24)21-36(17-16-27-20-34-30-5-3-2-4-28(27)30)31-14-12-26-18-23(10-13-29(26)31)11-15-32(38)35-39/h2-11,13,15,18,20,31,34,39H,12,14,16-17,19,21H2,1H3,(H,33,37)(H,35,38)/b15-11+. The first kappa shape index (κ1) is 26.4. The van der Waals surface area contributed by atoms with Crippen molar-refractivity contribution in [1.29, 1.82) is 0 Å². The van der Waals surface area contributed by atoms with Gasteiger partial charge in [-0.25, -0.2) is 5.48 Å². The maximum absolute atomic E-state index is 11.4. The van der Waals surface area contributed by atoms with Crippen LogP contribution in [-0.2, 0) is 35.5 Å². The van der Waals surface area contributed by atoms with Crippen molar-refractivity contribution < 1.29 is 14.8 Å². The maximum atomic E-state index is 11.4. The normalized spacial score (nSPS) is 14.7. The molecule has 5 rings (SSSR count). The number of para-hydroxylation sites is 1. The van der Waals surface area contributed by atoms with E-state index < -0.39 is 5.91 Å². The van der Waals surface area contributed by atoms with Crippen molar-refractivity contribution in [1.82, 2.24) is 20.7 Å². The van der Waals surface area contributed by atoms with Crippen LogP contribution in [0.2, 0.25) is 0 Å². The average molecular weight is 523 g/mol. The van der Waals surface area contributed by atoms with E-state index in [2.05, 4.69) is 82.1 Å². The number of carbonyl (C=O) groups excluding carboxylic acids is 2. The van der Waals surface area contributed by atoms with Gasteiger partial charge in [-0.05, 0) is 64.8 Å². The second kappa shape index (κ2) is 12.1. The van der Waals surface area contributed by atoms with Gasteiger partial charge in [-0.2, -0.15) is 0 Å². The van der Waals surface area contributed by atoms with E-state index in [1.165, 1.54) is 40.6 Å². The third-order valence-electron chi connectivity index (χ3n) is 7.48. The Morgan fingerprint density at radius 1 is 1.08 bits per heavy atom. The molecule has 200 valence electrons. The lowest BCUT2D eigenvalue weighted by atomic mass is 10.0. The molecule has 1 aromatic heterocycles. The number of aryl methyl sites for hydroxylation is 1. The van der Waals surface area contributed by atoms with E-state index in [0.717, 1.165) is 49.0 Å². The molecule has 1 unspecified atom stereocenters. The number of aromatic amines is 1. The number of hydrogen-bond donors (Lipinski definition) is 4. The number of amides is 2. The summed E-state index contributed by atoms with van der Waals surface area (Å²) >= 11 is 0. The highest BCUT2D eigenvalue weighted by atomic mass is 16.5. The Bertz CT molecular complexity index is 1490. The van der Waals surface area contributed by atoms with E-state index in [4.69, 9.17) is 5.21 Å². The minimum Gasteiger partial charge on any atom is -0.361 e. The number of carbonyl (C=O) groups is 2. The number of aromatic nitrogens is 1. The summed E-state index contributed by atoms with van der Waals surface area (Å²) < 4.78 is 0. The summed E-state index contributed by atoms with van der Waals surface area (Å²) in [6, 6.07) is 23.6. The van der Waals surface area contributed by atoms with Crippen molar-refractivity contribution in [3.8, 4) is 0 Å². The van der Waals surface area contributed by atoms with E-state index in [0.29, 0.717) is 12.6 Å². The van der Waals surface area contributed by atoms with Crippen LogP contribution < -0.4 is 10.8 Å². The fraction of sp³-hybridized carbons (Fsp3) is 0.250. The lowest BCUT2D eigenvalue weighted by Gasteiger charge is -2.30. The van der Waals surface area contributed by atoms with Crippen molar-refractivity contribution in [3.63, 3.8) is 0 Å². The molecule has 0 saturated heterocycles. The molecular weight excluding hydrogens is 488 g/mol. The number of rotatable bonds is 10. The summed E-state index contributed by atoms with van der Waals surface area (Å²) in [5.74, 6) is -0.572. The number of fused-ring (bicyclic) bond motifs is 2. The monoisotopic (exact) mass is 522 g/mol. The van der Waals surface area contributed by atoms with Gasteiger partial charge in [-0.3, -0.25) is 19.7 Å². The van der Waals surface area contributed by atoms with Gasteiger partial charge in [-0.1, -0.05) is 60.7 Å². The number of hydroxylamine groups is 1. The van der Waals surface area contributed by atoms with Crippen LogP contribution in [0.3, 0.4) is 0 Å². The SMILES string of the molecule is CC(=O)NCc1ccc(CN(CCc2c[nH]c3ccccc23)C2CCc3cc(/C=C/C(=O)NO)ccc32)cc1. The molecule has 4 aromatic rings. The zero-order valence-corrected chi connectivity index (χ0v) is 22.1. The van der Waals surface area contributed by atoms with Gasteiger partial charge >= 0.3 is 0 Å². The van der Waals surface area contributed by atoms with Gasteiger partial charge in [0, 0.05) is 55.8 Å². The molecule has 39 heavy (non-hydrogen) atoms. The van der Waals surface area contributed by atoms with E-state index in [9.17, 15) is 9.59 Å². The average Bonchev–Trinajstić information content (AvgIpc) is 3.57. The first-order valence-corrected chi connectivity index (χ1v) is 13.4. The van der Waals surface area contributed by atoms with E-state index >= 15 is 0 Å². The van der Waals surface area contributed by atoms with Crippen molar-refractivity contribution in [3.05, 3.63) is 112 Å². The highest BCUT2D eigenvalue weighted by Crippen LogP contribution is 2.37. The molecule has 7 heteroatoms. The second-order valence-electron chi connectivity index (χ2n) is 10.1. The lowest BCUT2D eigenvalue weighted by molar-refractivity contribution is -0.124. The zero-order valence-electron chi connectivity index (χ0n) is 22.1. The first-order valence-electron chi connectivity index (χ1n) is 13.4. The molecule has 2 amide bonds. The van der Waals surface area contributed by atoms with E-state index in [-0.39, 0.29) is 5.91 Å². The number of H-pyrrole nitrogens is 1. The Balaban J connectivity index is 1.37. The molecule has 0 spiro atoms. The molecule has 1 heterocycles. The van der Waals surface area contributed by atoms with E-state index in [1.807, 2.05) is 6.07 Å². The van der Waals surface area contributed by atoms with Crippen LogP contribution in [0.5, 0.6) is 0 Å². The van der Waals surface area contributed by atoms with Gasteiger partial charge in [0.05, 0.1) is 0 Å². The first-order chi connectivity index (χ1) is 19.0. The molecule has 0 aliphatic heterocycles. The van der Waals surface area contributed by atoms with Crippen molar-refractivity contribution >= 4 is 28.8 Å². The maximum Gasteiger partial charge on any atom is 0.267 e. The summed E-state index contributed by atoms with van der Waals surface area (Å²) in [4.78, 5) is 28.7. The Kier molecular flexibility index (Phi) is 8.20. The Hall–Kier alpha value is -4.20. The summed E-state index contributed by atoms with van der Waals surface area (Å²) in [6.45, 7) is 3.81. The molecule has 1 atom stereocenters. The fourth-order valence-corrected chi connectivity index (χ4v) is 5.48. The predicted molar refractivity (Wildman–Crippen MR) is 153 cm³/mol. The summed E-state index contributed by atoms with van der Waals surface area (Å²) in [5.41, 5.74) is 10.0. The predicted octanol–water partition coefficient (Wildman–Crippen LogP) is 5.05. The Morgan fingerprint density at radius 3 is 2.67 bits per heavy atom. The smallest absolute Gasteiger partial charge is 0.267 e. The summed E-state index contributed by atoms with van der Waals surface area (Å²) in [7, 11) is 0. The highest BCUT2D eigenvalue weighted by molar-refractivity contribution is 5.90. The third kappa shape index (κ3) is 6.45. The number of nitrogens with zero attached hydrogens (tertiary/aromatic N) is 1. The van der Waals surface area contributed by atoms with Crippen LogP contribution >= 0.6 is 0 Å². The fourth-order valence-electron chi connectivity index (χ4n) is 5.48. The number of hydrogen-bond acceptors (Lipinski definition) is 4. The largest absolute Gasteiger partial charge is 0.361 e. The molecule has 3 aromatic carbocycles. The van der Waals surface area contributed by atoms with E-state index in [1.54, 1.807) is 11.6 Å². The van der Waals surface area contributed by atoms with Gasteiger partial charge in [0.15, 0.2) is 0 Å². The van der Waals surface area contributed by atoms with Crippen molar-refractivity contribution in [2.45, 2.75) is 45.3 Å².